The monoisotopic (exact) mass is 324 g/mol. The lowest BCUT2D eigenvalue weighted by Gasteiger charge is -2.06. The Kier molecular flexibility index (Phi) is 7.34. The summed E-state index contributed by atoms with van der Waals surface area (Å²) in [5, 5.41) is 16.6. The lowest BCUT2D eigenvalue weighted by atomic mass is 10.2. The molecule has 23 heavy (non-hydrogen) atoms. The molecule has 0 bridgehead atoms. The van der Waals surface area contributed by atoms with Crippen LogP contribution in [0, 0.1) is 5.82 Å². The summed E-state index contributed by atoms with van der Waals surface area (Å²) >= 11 is 0. The third kappa shape index (κ3) is 6.66. The molecule has 8 nitrogen and oxygen atoms in total. The third-order valence-corrected chi connectivity index (χ3v) is 2.52. The van der Waals surface area contributed by atoms with Gasteiger partial charge in [-0.25, -0.2) is 9.82 Å². The van der Waals surface area contributed by atoms with Crippen LogP contribution in [0.15, 0.2) is 29.4 Å². The Hall–Kier alpha value is -2.81. The van der Waals surface area contributed by atoms with Crippen LogP contribution in [-0.4, -0.2) is 41.7 Å². The molecule has 0 saturated heterocycles. The van der Waals surface area contributed by atoms with E-state index >= 15 is 0 Å². The number of halogens is 1. The fraction of sp³-hybridized carbons (Fsp3) is 0.286. The van der Waals surface area contributed by atoms with Crippen molar-refractivity contribution in [3.05, 3.63) is 30.1 Å². The van der Waals surface area contributed by atoms with Crippen molar-refractivity contribution in [2.75, 3.05) is 18.5 Å². The summed E-state index contributed by atoms with van der Waals surface area (Å²) in [6, 6.07) is 5.69. The van der Waals surface area contributed by atoms with Gasteiger partial charge >= 0.3 is 11.8 Å². The summed E-state index contributed by atoms with van der Waals surface area (Å²) in [6.07, 6.45) is -0.188. The number of nitrogens with zero attached hydrogens (tertiary/aromatic N) is 1. The molecular weight excluding hydrogens is 307 g/mol. The summed E-state index contributed by atoms with van der Waals surface area (Å²) in [6.45, 7) is 1.12. The lowest BCUT2D eigenvalue weighted by molar-refractivity contribution is -0.139. The number of hydrogen-bond donors (Lipinski definition) is 4. The first-order valence-corrected chi connectivity index (χ1v) is 6.70. The molecule has 1 aromatic carbocycles. The molecule has 0 radical (unpaired) electrons. The highest BCUT2D eigenvalue weighted by Gasteiger charge is 2.12. The van der Waals surface area contributed by atoms with Crippen molar-refractivity contribution >= 4 is 29.1 Å². The van der Waals surface area contributed by atoms with Crippen molar-refractivity contribution in [2.45, 2.75) is 13.3 Å². The molecule has 9 heteroatoms. The largest absolute Gasteiger partial charge is 0.395 e. The van der Waals surface area contributed by atoms with Gasteiger partial charge in [0.1, 0.15) is 5.82 Å². The van der Waals surface area contributed by atoms with Crippen LogP contribution in [-0.2, 0) is 14.4 Å². The van der Waals surface area contributed by atoms with Crippen molar-refractivity contribution < 1.29 is 23.9 Å². The van der Waals surface area contributed by atoms with E-state index in [9.17, 15) is 18.8 Å². The van der Waals surface area contributed by atoms with E-state index < -0.39 is 23.5 Å². The highest BCUT2D eigenvalue weighted by Crippen LogP contribution is 2.12. The maximum atomic E-state index is 13.4. The number of anilines is 1. The number of aliphatic hydroxyl groups excluding tert-OH is 1. The normalized spacial score (nSPS) is 10.8. The topological polar surface area (TPSA) is 120 Å². The Morgan fingerprint density at radius 1 is 1.22 bits per heavy atom. The molecule has 0 spiro atoms. The van der Waals surface area contributed by atoms with Gasteiger partial charge in [0.15, 0.2) is 0 Å². The predicted molar refractivity (Wildman–Crippen MR) is 81.0 cm³/mol. The molecule has 0 aliphatic heterocycles. The van der Waals surface area contributed by atoms with Crippen molar-refractivity contribution in [1.29, 1.82) is 0 Å². The van der Waals surface area contributed by atoms with Crippen molar-refractivity contribution in [2.24, 2.45) is 5.10 Å². The van der Waals surface area contributed by atoms with Gasteiger partial charge in [0.05, 0.1) is 18.7 Å². The zero-order valence-electron chi connectivity index (χ0n) is 12.4. The Balaban J connectivity index is 2.47. The van der Waals surface area contributed by atoms with Crippen molar-refractivity contribution in [3.8, 4) is 0 Å². The number of aliphatic hydroxyl groups is 1. The van der Waals surface area contributed by atoms with Gasteiger partial charge < -0.3 is 15.7 Å². The zero-order valence-corrected chi connectivity index (χ0v) is 12.4. The second-order valence-corrected chi connectivity index (χ2v) is 4.47. The average molecular weight is 324 g/mol. The Labute approximate surface area is 131 Å². The van der Waals surface area contributed by atoms with E-state index in [2.05, 4.69) is 15.7 Å². The standard InChI is InChI=1S/C14H17FN4O4/c1-9(18-19-14(23)13(22)16-6-7-20)8-12(21)17-11-5-3-2-4-10(11)15/h2-5,20H,6-8H2,1H3,(H,16,22)(H,17,21)(H,19,23). The second-order valence-electron chi connectivity index (χ2n) is 4.47. The SMILES string of the molecule is CC(CC(=O)Nc1ccccc1F)=NNC(=O)C(=O)NCCO. The summed E-state index contributed by atoms with van der Waals surface area (Å²) in [4.78, 5) is 34.2. The van der Waals surface area contributed by atoms with Gasteiger partial charge in [-0.05, 0) is 19.1 Å². The highest BCUT2D eigenvalue weighted by atomic mass is 19.1. The van der Waals surface area contributed by atoms with Crippen LogP contribution in [0.25, 0.3) is 0 Å². The molecule has 4 N–H and O–H groups in total. The van der Waals surface area contributed by atoms with E-state index in [4.69, 9.17) is 5.11 Å². The van der Waals surface area contributed by atoms with Crippen LogP contribution >= 0.6 is 0 Å². The molecule has 0 aromatic heterocycles. The summed E-state index contributed by atoms with van der Waals surface area (Å²) < 4.78 is 13.4. The first kappa shape index (κ1) is 18.2. The van der Waals surface area contributed by atoms with E-state index in [1.54, 1.807) is 6.07 Å². The van der Waals surface area contributed by atoms with Gasteiger partial charge in [0.25, 0.3) is 0 Å². The van der Waals surface area contributed by atoms with E-state index in [1.165, 1.54) is 25.1 Å². The Morgan fingerprint density at radius 2 is 1.91 bits per heavy atom. The van der Waals surface area contributed by atoms with Gasteiger partial charge in [0, 0.05) is 12.3 Å². The molecule has 0 saturated carbocycles. The highest BCUT2D eigenvalue weighted by molar-refractivity contribution is 6.35. The van der Waals surface area contributed by atoms with Crippen molar-refractivity contribution in [3.63, 3.8) is 0 Å². The minimum absolute atomic E-state index is 0.0396. The minimum atomic E-state index is -1.02. The van der Waals surface area contributed by atoms with E-state index in [0.29, 0.717) is 0 Å². The number of hydrazone groups is 1. The number of carbonyl (C=O) groups excluding carboxylic acids is 3. The zero-order chi connectivity index (χ0) is 17.2. The molecular formula is C14H17FN4O4. The lowest BCUT2D eigenvalue weighted by Crippen LogP contribution is -2.39. The average Bonchev–Trinajstić information content (AvgIpc) is 2.52. The Bertz CT molecular complexity index is 619. The van der Waals surface area contributed by atoms with Gasteiger partial charge in [-0.3, -0.25) is 14.4 Å². The molecule has 1 rings (SSSR count). The summed E-state index contributed by atoms with van der Waals surface area (Å²) in [5.41, 5.74) is 2.24. The van der Waals surface area contributed by atoms with Gasteiger partial charge in [0.2, 0.25) is 5.91 Å². The number of para-hydroxylation sites is 1. The number of rotatable bonds is 6. The molecule has 0 heterocycles. The molecule has 0 unspecified atom stereocenters. The first-order valence-electron chi connectivity index (χ1n) is 6.70. The van der Waals surface area contributed by atoms with Crippen LogP contribution in [0.4, 0.5) is 10.1 Å². The predicted octanol–water partition coefficient (Wildman–Crippen LogP) is -0.245. The van der Waals surface area contributed by atoms with E-state index in [-0.39, 0.29) is 31.0 Å². The Morgan fingerprint density at radius 3 is 2.57 bits per heavy atom. The van der Waals surface area contributed by atoms with Crippen molar-refractivity contribution in [1.82, 2.24) is 10.7 Å². The third-order valence-electron chi connectivity index (χ3n) is 2.52. The second kappa shape index (κ2) is 9.26. The molecule has 124 valence electrons. The number of hydrogen-bond acceptors (Lipinski definition) is 5. The molecule has 1 aromatic rings. The fourth-order valence-electron chi connectivity index (χ4n) is 1.48. The van der Waals surface area contributed by atoms with E-state index in [0.717, 1.165) is 0 Å². The summed E-state index contributed by atoms with van der Waals surface area (Å²) in [5.74, 6) is -3.06. The molecule has 0 atom stereocenters. The van der Waals surface area contributed by atoms with Crippen LogP contribution in [0.2, 0.25) is 0 Å². The van der Waals surface area contributed by atoms with Gasteiger partial charge in [-0.1, -0.05) is 12.1 Å². The quantitative estimate of drug-likeness (QED) is 0.328. The number of carbonyl (C=O) groups is 3. The first-order chi connectivity index (χ1) is 10.9. The van der Waals surface area contributed by atoms with Crippen LogP contribution in [0.5, 0.6) is 0 Å². The van der Waals surface area contributed by atoms with E-state index in [1.807, 2.05) is 5.43 Å². The smallest absolute Gasteiger partial charge is 0.329 e. The molecule has 0 fully saturated rings. The van der Waals surface area contributed by atoms with Gasteiger partial charge in [-0.2, -0.15) is 5.10 Å². The van der Waals surface area contributed by atoms with Crippen LogP contribution < -0.4 is 16.1 Å². The number of nitrogens with one attached hydrogen (secondary N) is 3. The van der Waals surface area contributed by atoms with Crippen LogP contribution in [0.3, 0.4) is 0 Å². The molecule has 0 aliphatic rings. The maximum absolute atomic E-state index is 13.4. The molecule has 0 aliphatic carbocycles. The maximum Gasteiger partial charge on any atom is 0.329 e. The van der Waals surface area contributed by atoms with Crippen LogP contribution in [0.1, 0.15) is 13.3 Å². The number of benzene rings is 1. The number of amides is 3. The summed E-state index contributed by atoms with van der Waals surface area (Å²) in [7, 11) is 0. The van der Waals surface area contributed by atoms with Gasteiger partial charge in [-0.15, -0.1) is 0 Å². The minimum Gasteiger partial charge on any atom is -0.395 e. The fourth-order valence-corrected chi connectivity index (χ4v) is 1.48. The molecule has 3 amide bonds.